The first-order valence-corrected chi connectivity index (χ1v) is 17.2. The number of carbonyl (C=O) groups excluding carboxylic acids is 3. The quantitative estimate of drug-likeness (QED) is 0.145. The van der Waals surface area contributed by atoms with Crippen molar-refractivity contribution in [1.29, 1.82) is 0 Å². The van der Waals surface area contributed by atoms with E-state index in [-0.39, 0.29) is 6.61 Å². The molecule has 0 unspecified atom stereocenters. The number of nitrogens with zero attached hydrogens (tertiary/aromatic N) is 1. The number of nitrogens with one attached hydrogen (secondary N) is 1. The molecule has 0 saturated heterocycles. The Morgan fingerprint density at radius 2 is 1.00 bits per heavy atom. The Bertz CT molecular complexity index is 1600. The standard InChI is InChI=1S/C26H27F6NO4.C11H17F6NO2/c1-24(2,3)37-22(34)20(13-21(25(27,28)29)26(30,31)32)33(4)23(35)36-14-19-17-11-7-5-9-15(17)16-10-6-8-12-18(16)19;1-9(2,3)20-8(19)6(18-4)5-7(10(12,13)14)11(15,16)17/h5-12,19-21H,13-14H2,1-4H3;6-7,18H,5H2,1-4H3/t20-;6-/m00/s1. The maximum Gasteiger partial charge on any atom is 0.410 e. The Kier molecular flexibility index (Phi) is 15.6. The molecule has 0 bridgehead atoms. The molecule has 1 aliphatic rings. The fraction of sp³-hybridized carbons (Fsp3) is 0.595. The van der Waals surface area contributed by atoms with Crippen LogP contribution in [0, 0.1) is 11.8 Å². The molecule has 57 heavy (non-hydrogen) atoms. The van der Waals surface area contributed by atoms with Crippen molar-refractivity contribution in [3.63, 3.8) is 0 Å². The van der Waals surface area contributed by atoms with Gasteiger partial charge in [-0.05, 0) is 83.7 Å². The molecule has 1 amide bonds. The van der Waals surface area contributed by atoms with Crippen molar-refractivity contribution in [3.05, 3.63) is 59.7 Å². The van der Waals surface area contributed by atoms with Crippen LogP contribution >= 0.6 is 0 Å². The molecule has 3 rings (SSSR count). The average Bonchev–Trinajstić information content (AvgIpc) is 3.33. The number of hydrogen-bond donors (Lipinski definition) is 1. The summed E-state index contributed by atoms with van der Waals surface area (Å²) in [6.07, 6.45) is -26.8. The predicted molar refractivity (Wildman–Crippen MR) is 182 cm³/mol. The van der Waals surface area contributed by atoms with Gasteiger partial charge in [0, 0.05) is 13.0 Å². The van der Waals surface area contributed by atoms with E-state index in [0.717, 1.165) is 36.3 Å². The smallest absolute Gasteiger partial charge is 0.410 e. The molecule has 0 heterocycles. The van der Waals surface area contributed by atoms with Gasteiger partial charge >= 0.3 is 42.7 Å². The monoisotopic (exact) mass is 840 g/mol. The molecule has 2 aromatic carbocycles. The van der Waals surface area contributed by atoms with E-state index in [1.54, 1.807) is 12.1 Å². The number of benzene rings is 2. The largest absolute Gasteiger partial charge is 0.459 e. The van der Waals surface area contributed by atoms with E-state index in [1.807, 2.05) is 36.4 Å². The molecule has 1 N–H and O–H groups in total. The molecule has 0 radical (unpaired) electrons. The summed E-state index contributed by atoms with van der Waals surface area (Å²) in [6.45, 7) is 8.36. The minimum atomic E-state index is -5.69. The lowest BCUT2D eigenvalue weighted by Gasteiger charge is -2.33. The van der Waals surface area contributed by atoms with E-state index in [1.165, 1.54) is 41.5 Å². The van der Waals surface area contributed by atoms with E-state index in [4.69, 9.17) is 14.2 Å². The van der Waals surface area contributed by atoms with E-state index >= 15 is 0 Å². The summed E-state index contributed by atoms with van der Waals surface area (Å²) in [5.41, 5.74) is 1.35. The van der Waals surface area contributed by atoms with Gasteiger partial charge in [-0.2, -0.15) is 52.7 Å². The minimum absolute atomic E-state index is 0.236. The summed E-state index contributed by atoms with van der Waals surface area (Å²) >= 11 is 0. The average molecular weight is 841 g/mol. The summed E-state index contributed by atoms with van der Waals surface area (Å²) in [5.74, 6) is -10.4. The van der Waals surface area contributed by atoms with Crippen LogP contribution in [0.1, 0.15) is 71.4 Å². The Morgan fingerprint density at radius 1 is 0.632 bits per heavy atom. The summed E-state index contributed by atoms with van der Waals surface area (Å²) < 4.78 is 169. The van der Waals surface area contributed by atoms with Crippen molar-refractivity contribution in [2.24, 2.45) is 11.8 Å². The van der Waals surface area contributed by atoms with Crippen LogP contribution in [0.3, 0.4) is 0 Å². The SMILES string of the molecule is CN(C(=O)OCC1c2ccccc2-c2ccccc21)[C@@H](CC(C(F)(F)F)C(F)(F)F)C(=O)OC(C)(C)C.CN[C@@H](CC(C(F)(F)F)C(F)(F)F)C(=O)OC(C)(C)C. The molecule has 1 aliphatic carbocycles. The maximum atomic E-state index is 13.3. The van der Waals surface area contributed by atoms with Crippen LogP contribution in [0.4, 0.5) is 57.5 Å². The second kappa shape index (κ2) is 18.1. The molecule has 0 aromatic heterocycles. The normalized spacial score (nSPS) is 14.9. The van der Waals surface area contributed by atoms with Gasteiger partial charge in [0.15, 0.2) is 11.8 Å². The number of rotatable bonds is 10. The van der Waals surface area contributed by atoms with Crippen molar-refractivity contribution in [2.45, 2.75) is 108 Å². The molecule has 322 valence electrons. The molecule has 8 nitrogen and oxygen atoms in total. The zero-order chi connectivity index (χ0) is 44.1. The first-order chi connectivity index (χ1) is 25.7. The van der Waals surface area contributed by atoms with Crippen molar-refractivity contribution >= 4 is 18.0 Å². The molecule has 2 aromatic rings. The van der Waals surface area contributed by atoms with Gasteiger partial charge in [0.2, 0.25) is 0 Å². The van der Waals surface area contributed by atoms with E-state index in [2.05, 4.69) is 5.32 Å². The topological polar surface area (TPSA) is 94.2 Å². The Balaban J connectivity index is 0.000000476. The number of halogens is 12. The van der Waals surface area contributed by atoms with Crippen molar-refractivity contribution in [1.82, 2.24) is 10.2 Å². The van der Waals surface area contributed by atoms with Crippen LogP contribution in [-0.4, -0.2) is 91.6 Å². The first-order valence-electron chi connectivity index (χ1n) is 17.2. The minimum Gasteiger partial charge on any atom is -0.459 e. The number of alkyl halides is 12. The highest BCUT2D eigenvalue weighted by Crippen LogP contribution is 2.46. The Labute approximate surface area is 321 Å². The Morgan fingerprint density at radius 3 is 1.37 bits per heavy atom. The lowest BCUT2D eigenvalue weighted by molar-refractivity contribution is -0.289. The van der Waals surface area contributed by atoms with E-state index in [0.29, 0.717) is 4.90 Å². The zero-order valence-electron chi connectivity index (χ0n) is 32.1. The fourth-order valence-corrected chi connectivity index (χ4v) is 5.67. The van der Waals surface area contributed by atoms with Gasteiger partial charge in [-0.15, -0.1) is 0 Å². The second-order valence-corrected chi connectivity index (χ2v) is 15.1. The third-order valence-electron chi connectivity index (χ3n) is 8.32. The number of esters is 2. The molecule has 2 atom stereocenters. The first kappa shape index (κ1) is 48.9. The van der Waals surface area contributed by atoms with Gasteiger partial charge in [-0.3, -0.25) is 9.69 Å². The van der Waals surface area contributed by atoms with E-state index < -0.39 is 96.6 Å². The number of amides is 1. The van der Waals surface area contributed by atoms with Gasteiger partial charge in [-0.25, -0.2) is 9.59 Å². The second-order valence-electron chi connectivity index (χ2n) is 15.1. The number of fused-ring (bicyclic) bond motifs is 3. The lowest BCUT2D eigenvalue weighted by atomic mass is 9.97. The highest BCUT2D eigenvalue weighted by Gasteiger charge is 2.59. The highest BCUT2D eigenvalue weighted by molar-refractivity contribution is 5.82. The van der Waals surface area contributed by atoms with Crippen molar-refractivity contribution < 1.29 is 81.3 Å². The summed E-state index contributed by atoms with van der Waals surface area (Å²) in [4.78, 5) is 37.5. The van der Waals surface area contributed by atoms with Gasteiger partial charge in [0.1, 0.15) is 29.9 Å². The number of carbonyl (C=O) groups is 3. The third-order valence-corrected chi connectivity index (χ3v) is 8.32. The van der Waals surface area contributed by atoms with Crippen LogP contribution < -0.4 is 5.32 Å². The van der Waals surface area contributed by atoms with Crippen LogP contribution in [0.2, 0.25) is 0 Å². The maximum absolute atomic E-state index is 13.3. The molecule has 0 aliphatic heterocycles. The molecule has 20 heteroatoms. The van der Waals surface area contributed by atoms with Crippen LogP contribution in [0.15, 0.2) is 48.5 Å². The summed E-state index contributed by atoms with van der Waals surface area (Å²) in [6, 6.07) is 10.9. The third kappa shape index (κ3) is 14.3. The highest BCUT2D eigenvalue weighted by atomic mass is 19.4. The molecule has 0 spiro atoms. The molecule has 0 saturated carbocycles. The van der Waals surface area contributed by atoms with Crippen molar-refractivity contribution in [3.8, 4) is 11.1 Å². The van der Waals surface area contributed by atoms with Crippen LogP contribution in [-0.2, 0) is 23.8 Å². The van der Waals surface area contributed by atoms with Gasteiger partial charge in [-0.1, -0.05) is 48.5 Å². The Hall–Kier alpha value is -4.23. The molecule has 0 fully saturated rings. The predicted octanol–water partition coefficient (Wildman–Crippen LogP) is 9.76. The van der Waals surface area contributed by atoms with Gasteiger partial charge < -0.3 is 19.5 Å². The fourth-order valence-electron chi connectivity index (χ4n) is 5.67. The van der Waals surface area contributed by atoms with Crippen LogP contribution in [0.25, 0.3) is 11.1 Å². The zero-order valence-corrected chi connectivity index (χ0v) is 32.1. The van der Waals surface area contributed by atoms with E-state index in [9.17, 15) is 67.1 Å². The lowest BCUT2D eigenvalue weighted by Crippen LogP contribution is -2.50. The number of hydrogen-bond acceptors (Lipinski definition) is 7. The molecular weight excluding hydrogens is 796 g/mol. The van der Waals surface area contributed by atoms with Gasteiger partial charge in [0.25, 0.3) is 0 Å². The van der Waals surface area contributed by atoms with Crippen molar-refractivity contribution in [2.75, 3.05) is 20.7 Å². The summed E-state index contributed by atoms with van der Waals surface area (Å²) in [7, 11) is 2.01. The number of likely N-dealkylation sites (N-methyl/N-ethyl adjacent to an activating group) is 2. The van der Waals surface area contributed by atoms with Gasteiger partial charge in [0.05, 0.1) is 0 Å². The number of ether oxygens (including phenoxy) is 3. The summed E-state index contributed by atoms with van der Waals surface area (Å²) in [5, 5.41) is 2.12. The van der Waals surface area contributed by atoms with Crippen LogP contribution in [0.5, 0.6) is 0 Å². The molecular formula is C37H44F12N2O6.